The van der Waals surface area contributed by atoms with Crippen molar-refractivity contribution in [2.45, 2.75) is 18.9 Å². The van der Waals surface area contributed by atoms with E-state index in [0.717, 1.165) is 12.8 Å². The molecule has 1 N–H and O–H groups in total. The minimum atomic E-state index is 0.0388. The van der Waals surface area contributed by atoms with Crippen molar-refractivity contribution in [1.29, 1.82) is 0 Å². The van der Waals surface area contributed by atoms with E-state index in [0.29, 0.717) is 12.6 Å². The van der Waals surface area contributed by atoms with Crippen LogP contribution >= 0.6 is 0 Å². The van der Waals surface area contributed by atoms with Gasteiger partial charge in [-0.15, -0.1) is 0 Å². The van der Waals surface area contributed by atoms with E-state index in [1.807, 2.05) is 0 Å². The molecule has 11 heavy (non-hydrogen) atoms. The Morgan fingerprint density at radius 1 is 1.73 bits per heavy atom. The maximum Gasteiger partial charge on any atom is 0.236 e. The molecule has 0 aromatic heterocycles. The van der Waals surface area contributed by atoms with Gasteiger partial charge in [-0.2, -0.15) is 5.06 Å². The molecule has 1 rings (SSSR count). The van der Waals surface area contributed by atoms with Crippen molar-refractivity contribution in [2.75, 3.05) is 20.7 Å². The van der Waals surface area contributed by atoms with Crippen molar-refractivity contribution in [2.24, 2.45) is 0 Å². The molecule has 0 unspecified atom stereocenters. The Labute approximate surface area is 66.5 Å². The summed E-state index contributed by atoms with van der Waals surface area (Å²) < 4.78 is 0. The number of carbonyl (C=O) groups is 1. The molecule has 0 heterocycles. The molecule has 0 bridgehead atoms. The van der Waals surface area contributed by atoms with Gasteiger partial charge in [0.15, 0.2) is 0 Å². The largest absolute Gasteiger partial charge is 0.352 e. The van der Waals surface area contributed by atoms with Crippen LogP contribution in [0.25, 0.3) is 0 Å². The highest BCUT2D eigenvalue weighted by Crippen LogP contribution is 2.18. The Balaban J connectivity index is 2.08. The molecule has 0 radical (unpaired) electrons. The van der Waals surface area contributed by atoms with Gasteiger partial charge in [0.05, 0.1) is 7.11 Å². The molecule has 0 aromatic carbocycles. The molecule has 0 atom stereocenters. The summed E-state index contributed by atoms with van der Waals surface area (Å²) in [5.41, 5.74) is 0. The second kappa shape index (κ2) is 3.69. The summed E-state index contributed by atoms with van der Waals surface area (Å²) in [6, 6.07) is 0.438. The van der Waals surface area contributed by atoms with Crippen LogP contribution < -0.4 is 5.32 Å². The third kappa shape index (κ3) is 3.34. The topological polar surface area (TPSA) is 41.6 Å². The zero-order valence-electron chi connectivity index (χ0n) is 6.96. The van der Waals surface area contributed by atoms with Crippen LogP contribution in [0.3, 0.4) is 0 Å². The summed E-state index contributed by atoms with van der Waals surface area (Å²) in [4.78, 5) is 15.8. The summed E-state index contributed by atoms with van der Waals surface area (Å²) in [5.74, 6) is 0.0388. The third-order valence-electron chi connectivity index (χ3n) is 1.62. The summed E-state index contributed by atoms with van der Waals surface area (Å²) in [6.07, 6.45) is 2.25. The number of hydroxylamine groups is 2. The van der Waals surface area contributed by atoms with Crippen LogP contribution in [0.15, 0.2) is 0 Å². The Morgan fingerprint density at radius 2 is 2.36 bits per heavy atom. The van der Waals surface area contributed by atoms with E-state index in [1.165, 1.54) is 5.06 Å². The second-order valence-electron chi connectivity index (χ2n) is 2.81. The lowest BCUT2D eigenvalue weighted by atomic mass is 10.5. The molecule has 1 aliphatic carbocycles. The maximum absolute atomic E-state index is 11.0. The quantitative estimate of drug-likeness (QED) is 0.574. The fourth-order valence-electron chi connectivity index (χ4n) is 0.768. The minimum Gasteiger partial charge on any atom is -0.352 e. The number of hydrogen-bond acceptors (Lipinski definition) is 3. The van der Waals surface area contributed by atoms with E-state index in [4.69, 9.17) is 4.84 Å². The number of carbonyl (C=O) groups excluding carboxylic acids is 1. The summed E-state index contributed by atoms with van der Waals surface area (Å²) in [7, 11) is 3.27. The lowest BCUT2D eigenvalue weighted by Gasteiger charge is -2.12. The van der Waals surface area contributed by atoms with Gasteiger partial charge < -0.3 is 10.2 Å². The SMILES string of the molecule is CON(C)CC(=O)NC1CC1. The van der Waals surface area contributed by atoms with Crippen molar-refractivity contribution < 1.29 is 9.63 Å². The van der Waals surface area contributed by atoms with E-state index in [-0.39, 0.29) is 5.91 Å². The highest BCUT2D eigenvalue weighted by atomic mass is 16.7. The molecule has 4 nitrogen and oxygen atoms in total. The molecule has 1 saturated carbocycles. The molecule has 0 saturated heterocycles. The lowest BCUT2D eigenvalue weighted by molar-refractivity contribution is -0.142. The third-order valence-corrected chi connectivity index (χ3v) is 1.62. The Kier molecular flexibility index (Phi) is 2.84. The van der Waals surface area contributed by atoms with Crippen molar-refractivity contribution in [3.05, 3.63) is 0 Å². The van der Waals surface area contributed by atoms with Gasteiger partial charge in [-0.1, -0.05) is 0 Å². The Morgan fingerprint density at radius 3 is 2.82 bits per heavy atom. The molecule has 0 aromatic rings. The van der Waals surface area contributed by atoms with Crippen LogP contribution in [0.4, 0.5) is 0 Å². The predicted molar refractivity (Wildman–Crippen MR) is 40.8 cm³/mol. The van der Waals surface area contributed by atoms with Gasteiger partial charge in [-0.25, -0.2) is 0 Å². The van der Waals surface area contributed by atoms with Gasteiger partial charge in [-0.05, 0) is 12.8 Å². The number of nitrogens with one attached hydrogen (secondary N) is 1. The number of rotatable bonds is 4. The molecule has 0 aliphatic heterocycles. The first kappa shape index (κ1) is 8.49. The van der Waals surface area contributed by atoms with E-state index >= 15 is 0 Å². The van der Waals surface area contributed by atoms with Gasteiger partial charge in [0.25, 0.3) is 0 Å². The number of hydrogen-bond donors (Lipinski definition) is 1. The summed E-state index contributed by atoms with van der Waals surface area (Å²) >= 11 is 0. The highest BCUT2D eigenvalue weighted by molar-refractivity contribution is 5.78. The zero-order valence-corrected chi connectivity index (χ0v) is 6.96. The first-order chi connectivity index (χ1) is 5.22. The molecular formula is C7H14N2O2. The fourth-order valence-corrected chi connectivity index (χ4v) is 0.768. The average molecular weight is 158 g/mol. The molecule has 1 aliphatic rings. The van der Waals surface area contributed by atoms with Crippen LogP contribution in [0.1, 0.15) is 12.8 Å². The van der Waals surface area contributed by atoms with Crippen molar-refractivity contribution in [1.82, 2.24) is 10.4 Å². The monoisotopic (exact) mass is 158 g/mol. The smallest absolute Gasteiger partial charge is 0.236 e. The highest BCUT2D eigenvalue weighted by Gasteiger charge is 2.23. The van der Waals surface area contributed by atoms with E-state index in [1.54, 1.807) is 14.2 Å². The number of nitrogens with zero attached hydrogens (tertiary/aromatic N) is 1. The van der Waals surface area contributed by atoms with Crippen LogP contribution in [0.5, 0.6) is 0 Å². The van der Waals surface area contributed by atoms with Gasteiger partial charge in [0.2, 0.25) is 5.91 Å². The molecule has 1 amide bonds. The molecule has 0 spiro atoms. The van der Waals surface area contributed by atoms with Crippen LogP contribution in [0, 0.1) is 0 Å². The van der Waals surface area contributed by atoms with Crippen molar-refractivity contribution >= 4 is 5.91 Å². The first-order valence-corrected chi connectivity index (χ1v) is 3.77. The number of likely N-dealkylation sites (N-methyl/N-ethyl adjacent to an activating group) is 1. The molecule has 4 heteroatoms. The second-order valence-corrected chi connectivity index (χ2v) is 2.81. The first-order valence-electron chi connectivity index (χ1n) is 3.77. The summed E-state index contributed by atoms with van der Waals surface area (Å²) in [6.45, 7) is 0.312. The molecule has 64 valence electrons. The maximum atomic E-state index is 11.0. The van der Waals surface area contributed by atoms with E-state index in [9.17, 15) is 4.79 Å². The van der Waals surface area contributed by atoms with Gasteiger partial charge in [-0.3, -0.25) is 4.79 Å². The number of amides is 1. The normalized spacial score (nSPS) is 17.0. The van der Waals surface area contributed by atoms with Crippen LogP contribution in [0.2, 0.25) is 0 Å². The zero-order chi connectivity index (χ0) is 8.27. The van der Waals surface area contributed by atoms with Gasteiger partial charge >= 0.3 is 0 Å². The van der Waals surface area contributed by atoms with Crippen molar-refractivity contribution in [3.63, 3.8) is 0 Å². The Bertz CT molecular complexity index is 145. The van der Waals surface area contributed by atoms with Crippen LogP contribution in [-0.2, 0) is 9.63 Å². The average Bonchev–Trinajstić information content (AvgIpc) is 2.71. The van der Waals surface area contributed by atoms with E-state index < -0.39 is 0 Å². The standard InChI is InChI=1S/C7H14N2O2/c1-9(11-2)5-7(10)8-6-3-4-6/h6H,3-5H2,1-2H3,(H,8,10). The van der Waals surface area contributed by atoms with Crippen molar-refractivity contribution in [3.8, 4) is 0 Å². The lowest BCUT2D eigenvalue weighted by Crippen LogP contribution is -2.35. The Hall–Kier alpha value is -0.610. The van der Waals surface area contributed by atoms with E-state index in [2.05, 4.69) is 5.32 Å². The minimum absolute atomic E-state index is 0.0388. The summed E-state index contributed by atoms with van der Waals surface area (Å²) in [5, 5.41) is 4.36. The molecular weight excluding hydrogens is 144 g/mol. The molecule has 1 fully saturated rings. The van der Waals surface area contributed by atoms with Gasteiger partial charge in [0.1, 0.15) is 6.54 Å². The van der Waals surface area contributed by atoms with Crippen LogP contribution in [-0.4, -0.2) is 37.7 Å². The fraction of sp³-hybridized carbons (Fsp3) is 0.857. The predicted octanol–water partition coefficient (Wildman–Crippen LogP) is -0.242. The van der Waals surface area contributed by atoms with Gasteiger partial charge in [0, 0.05) is 13.1 Å².